The molecule has 11 nitrogen and oxygen atoms in total. The third kappa shape index (κ3) is 3.96. The number of hydrogen-bond acceptors (Lipinski definition) is 10. The van der Waals surface area contributed by atoms with Gasteiger partial charge in [-0.2, -0.15) is 4.98 Å². The minimum absolute atomic E-state index is 0.0740. The van der Waals surface area contributed by atoms with Crippen molar-refractivity contribution in [1.29, 1.82) is 0 Å². The van der Waals surface area contributed by atoms with Crippen LogP contribution in [0.25, 0.3) is 0 Å². The van der Waals surface area contributed by atoms with Crippen LogP contribution in [0.2, 0.25) is 0 Å². The number of nitrogens with one attached hydrogen (secondary N) is 1. The first kappa shape index (κ1) is 19.3. The Morgan fingerprint density at radius 1 is 1.40 bits per heavy atom. The molecule has 25 heavy (non-hydrogen) atoms. The van der Waals surface area contributed by atoms with Gasteiger partial charge in [-0.3, -0.25) is 4.57 Å². The number of nitrogens with zero attached hydrogens (tertiary/aromatic N) is 2. The molecule has 0 aromatic carbocycles. The first-order valence-electron chi connectivity index (χ1n) is 7.51. The van der Waals surface area contributed by atoms with E-state index in [2.05, 4.69) is 10.5 Å². The molecular formula is C14H21N3O8. The molecule has 0 spiro atoms. The predicted octanol–water partition coefficient (Wildman–Crippen LogP) is -2.26. The number of rotatable bonds is 6. The first-order chi connectivity index (χ1) is 11.7. The predicted molar refractivity (Wildman–Crippen MR) is 82.1 cm³/mol. The lowest BCUT2D eigenvalue weighted by atomic mass is 9.96. The van der Waals surface area contributed by atoms with Gasteiger partial charge in [0, 0.05) is 12.3 Å². The molecule has 0 radical (unpaired) electrons. The largest absolute Gasteiger partial charge is 0.395 e. The molecule has 1 aromatic rings. The highest BCUT2D eigenvalue weighted by Gasteiger charge is 2.43. The molecule has 0 bridgehead atoms. The Kier molecular flexibility index (Phi) is 5.75. The van der Waals surface area contributed by atoms with Crippen molar-refractivity contribution in [3.05, 3.63) is 22.7 Å². The zero-order valence-electron chi connectivity index (χ0n) is 13.7. The second-order valence-corrected chi connectivity index (χ2v) is 6.27. The van der Waals surface area contributed by atoms with Crippen LogP contribution in [0.4, 0.5) is 5.82 Å². The lowest BCUT2D eigenvalue weighted by Crippen LogP contribution is -2.36. The maximum atomic E-state index is 12.1. The first-order valence-corrected chi connectivity index (χ1v) is 7.51. The van der Waals surface area contributed by atoms with E-state index in [1.165, 1.54) is 26.1 Å². The van der Waals surface area contributed by atoms with Gasteiger partial charge in [0.05, 0.1) is 18.6 Å². The van der Waals surface area contributed by atoms with Gasteiger partial charge >= 0.3 is 11.7 Å². The van der Waals surface area contributed by atoms with E-state index < -0.39 is 54.8 Å². The summed E-state index contributed by atoms with van der Waals surface area (Å²) >= 11 is 0. The second-order valence-electron chi connectivity index (χ2n) is 6.27. The van der Waals surface area contributed by atoms with Crippen LogP contribution < -0.4 is 11.2 Å². The molecule has 1 aliphatic rings. The van der Waals surface area contributed by atoms with E-state index in [0.717, 1.165) is 4.57 Å². The van der Waals surface area contributed by atoms with Gasteiger partial charge in [-0.05, 0) is 13.8 Å². The van der Waals surface area contributed by atoms with Crippen LogP contribution in [0.1, 0.15) is 20.1 Å². The minimum Gasteiger partial charge on any atom is -0.395 e. The fraction of sp³-hybridized carbons (Fsp3) is 0.643. The molecule has 0 unspecified atom stereocenters. The maximum absolute atomic E-state index is 12.1. The fourth-order valence-corrected chi connectivity index (χ4v) is 2.07. The number of carbonyl (C=O) groups is 1. The van der Waals surface area contributed by atoms with E-state index in [1.807, 2.05) is 0 Å². The zero-order chi connectivity index (χ0) is 18.8. The van der Waals surface area contributed by atoms with Crippen LogP contribution in [0.15, 0.2) is 17.1 Å². The van der Waals surface area contributed by atoms with Crippen molar-refractivity contribution in [2.45, 2.75) is 38.4 Å². The Morgan fingerprint density at radius 2 is 2.08 bits per heavy atom. The van der Waals surface area contributed by atoms with E-state index >= 15 is 0 Å². The standard InChI is InChI=1S/C14H21N3O8/c1-14(2,6-19)12(22)25-16-8-3-4-17(13(23)15-8)11-10(21)9(20)7(5-18)24-11/h3-4,7,9-11,18-21H,5-6H2,1-2H3,(H,15,16,23)/t7-,9-,10-,11-/m1/s1. The van der Waals surface area contributed by atoms with Gasteiger partial charge < -0.3 is 30.0 Å². The summed E-state index contributed by atoms with van der Waals surface area (Å²) in [5, 5.41) is 37.8. The Bertz CT molecular complexity index is 676. The number of hydrogen-bond donors (Lipinski definition) is 5. The van der Waals surface area contributed by atoms with E-state index in [0.29, 0.717) is 0 Å². The lowest BCUT2D eigenvalue weighted by molar-refractivity contribution is -0.152. The summed E-state index contributed by atoms with van der Waals surface area (Å²) in [5.74, 6) is -0.820. The third-order valence-electron chi connectivity index (χ3n) is 3.82. The van der Waals surface area contributed by atoms with Crippen molar-refractivity contribution in [2.75, 3.05) is 18.7 Å². The van der Waals surface area contributed by atoms with Crippen molar-refractivity contribution < 1.29 is 34.8 Å². The van der Waals surface area contributed by atoms with Crippen LogP contribution in [-0.2, 0) is 14.4 Å². The quantitative estimate of drug-likeness (QED) is 0.350. The van der Waals surface area contributed by atoms with Crippen molar-refractivity contribution in [3.63, 3.8) is 0 Å². The van der Waals surface area contributed by atoms with E-state index in [-0.39, 0.29) is 5.82 Å². The van der Waals surface area contributed by atoms with Crippen molar-refractivity contribution in [3.8, 4) is 0 Å². The summed E-state index contributed by atoms with van der Waals surface area (Å²) in [6, 6.07) is 1.29. The molecule has 140 valence electrons. The normalized spacial score (nSPS) is 26.5. The highest BCUT2D eigenvalue weighted by Crippen LogP contribution is 2.28. The van der Waals surface area contributed by atoms with Gasteiger partial charge in [0.25, 0.3) is 0 Å². The molecule has 11 heteroatoms. The van der Waals surface area contributed by atoms with Gasteiger partial charge in [-0.25, -0.2) is 15.1 Å². The molecule has 2 heterocycles. The molecule has 0 aliphatic carbocycles. The number of ether oxygens (including phenoxy) is 1. The Morgan fingerprint density at radius 3 is 2.60 bits per heavy atom. The number of anilines is 1. The summed E-state index contributed by atoms with van der Waals surface area (Å²) in [6.07, 6.45) is -3.77. The van der Waals surface area contributed by atoms with Crippen LogP contribution in [0, 0.1) is 5.41 Å². The van der Waals surface area contributed by atoms with Crippen LogP contribution in [0.5, 0.6) is 0 Å². The van der Waals surface area contributed by atoms with Gasteiger partial charge in [0.2, 0.25) is 0 Å². The highest BCUT2D eigenvalue weighted by molar-refractivity contribution is 5.76. The fourth-order valence-electron chi connectivity index (χ4n) is 2.07. The van der Waals surface area contributed by atoms with Crippen LogP contribution in [0.3, 0.4) is 0 Å². The van der Waals surface area contributed by atoms with E-state index in [4.69, 9.17) is 19.8 Å². The average Bonchev–Trinajstić information content (AvgIpc) is 2.87. The molecule has 4 atom stereocenters. The summed E-state index contributed by atoms with van der Waals surface area (Å²) in [7, 11) is 0. The molecule has 1 aliphatic heterocycles. The number of aliphatic hydroxyl groups is 4. The molecule has 0 saturated carbocycles. The smallest absolute Gasteiger partial charge is 0.351 e. The Labute approximate surface area is 142 Å². The summed E-state index contributed by atoms with van der Waals surface area (Å²) < 4.78 is 6.18. The van der Waals surface area contributed by atoms with E-state index in [9.17, 15) is 19.8 Å². The van der Waals surface area contributed by atoms with Gasteiger partial charge in [0.1, 0.15) is 18.3 Å². The molecule has 5 N–H and O–H groups in total. The Hall–Kier alpha value is -2.05. The highest BCUT2D eigenvalue weighted by atomic mass is 16.7. The van der Waals surface area contributed by atoms with Crippen LogP contribution in [-0.4, -0.2) is 67.5 Å². The lowest BCUT2D eigenvalue weighted by Gasteiger charge is -2.19. The maximum Gasteiger partial charge on any atom is 0.351 e. The SMILES string of the molecule is CC(C)(CO)C(=O)ONc1ccn([C@@H]2O[C@H](CO)[C@@H](O)[C@H]2O)c(=O)n1. The number of aliphatic hydroxyl groups excluding tert-OH is 4. The van der Waals surface area contributed by atoms with Crippen molar-refractivity contribution >= 4 is 11.8 Å². The topological polar surface area (TPSA) is 163 Å². The summed E-state index contributed by atoms with van der Waals surface area (Å²) in [5.41, 5.74) is 0.244. The van der Waals surface area contributed by atoms with Crippen LogP contribution >= 0.6 is 0 Å². The molecule has 0 amide bonds. The second kappa shape index (κ2) is 7.45. The van der Waals surface area contributed by atoms with Crippen molar-refractivity contribution in [2.24, 2.45) is 5.41 Å². The number of carbonyl (C=O) groups excluding carboxylic acids is 1. The third-order valence-corrected chi connectivity index (χ3v) is 3.82. The molecular weight excluding hydrogens is 338 g/mol. The molecule has 1 aromatic heterocycles. The number of aromatic nitrogens is 2. The average molecular weight is 359 g/mol. The minimum atomic E-state index is -1.42. The Balaban J connectivity index is 2.09. The van der Waals surface area contributed by atoms with Gasteiger partial charge in [-0.15, -0.1) is 0 Å². The molecule has 1 saturated heterocycles. The monoisotopic (exact) mass is 359 g/mol. The van der Waals surface area contributed by atoms with Gasteiger partial charge in [0.15, 0.2) is 12.0 Å². The molecule has 2 rings (SSSR count). The zero-order valence-corrected chi connectivity index (χ0v) is 13.7. The molecule has 1 fully saturated rings. The summed E-state index contributed by atoms with van der Waals surface area (Å²) in [6.45, 7) is 2.01. The van der Waals surface area contributed by atoms with Crippen molar-refractivity contribution in [1.82, 2.24) is 9.55 Å². The van der Waals surface area contributed by atoms with Gasteiger partial charge in [-0.1, -0.05) is 0 Å². The van der Waals surface area contributed by atoms with E-state index in [1.54, 1.807) is 0 Å². The summed E-state index contributed by atoms with van der Waals surface area (Å²) in [4.78, 5) is 32.2.